The lowest BCUT2D eigenvalue weighted by molar-refractivity contribution is 0.489. The Morgan fingerprint density at radius 1 is 1.08 bits per heavy atom. The lowest BCUT2D eigenvalue weighted by Gasteiger charge is -2.14. The van der Waals surface area contributed by atoms with Crippen molar-refractivity contribution in [1.29, 1.82) is 0 Å². The van der Waals surface area contributed by atoms with Crippen LogP contribution in [0.5, 0.6) is 0 Å². The van der Waals surface area contributed by atoms with Gasteiger partial charge in [-0.05, 0) is 67.2 Å². The second-order valence-electron chi connectivity index (χ2n) is 7.39. The minimum absolute atomic E-state index is 0.230. The zero-order chi connectivity index (χ0) is 17.3. The van der Waals surface area contributed by atoms with E-state index in [1.807, 2.05) is 12.1 Å². The van der Waals surface area contributed by atoms with Gasteiger partial charge in [-0.2, -0.15) is 0 Å². The van der Waals surface area contributed by atoms with Gasteiger partial charge in [-0.3, -0.25) is 0 Å². The predicted octanol–water partition coefficient (Wildman–Crippen LogP) is 6.79. The molecule has 126 valence electrons. The Morgan fingerprint density at radius 3 is 2.42 bits per heavy atom. The number of allylic oxidation sites excluding steroid dienone is 1. The van der Waals surface area contributed by atoms with Gasteiger partial charge >= 0.3 is 0 Å². The number of hydrogen-bond acceptors (Lipinski definition) is 0. The van der Waals surface area contributed by atoms with E-state index >= 15 is 4.39 Å². The van der Waals surface area contributed by atoms with E-state index in [9.17, 15) is 4.39 Å². The Labute approximate surface area is 143 Å². The quantitative estimate of drug-likeness (QED) is 0.548. The van der Waals surface area contributed by atoms with Crippen LogP contribution >= 0.6 is 0 Å². The van der Waals surface area contributed by atoms with Crippen LogP contribution in [-0.2, 0) is 6.42 Å². The molecule has 0 atom stereocenters. The summed E-state index contributed by atoms with van der Waals surface area (Å²) in [6.07, 6.45) is 5.45. The highest BCUT2D eigenvalue weighted by Gasteiger charge is 2.36. The van der Waals surface area contributed by atoms with Crippen molar-refractivity contribution in [2.45, 2.75) is 46.0 Å². The van der Waals surface area contributed by atoms with E-state index in [2.05, 4.69) is 13.5 Å². The van der Waals surface area contributed by atoms with Crippen LogP contribution in [0.25, 0.3) is 16.7 Å². The van der Waals surface area contributed by atoms with Crippen molar-refractivity contribution in [3.05, 3.63) is 65.7 Å². The Bertz CT molecular complexity index is 770. The summed E-state index contributed by atoms with van der Waals surface area (Å²) in [6, 6.07) is 10.2. The van der Waals surface area contributed by atoms with Crippen molar-refractivity contribution in [3.8, 4) is 11.1 Å². The molecule has 1 fully saturated rings. The maximum atomic E-state index is 15.0. The van der Waals surface area contributed by atoms with Gasteiger partial charge in [-0.25, -0.2) is 8.78 Å². The first-order valence-corrected chi connectivity index (χ1v) is 8.63. The fourth-order valence-corrected chi connectivity index (χ4v) is 3.33. The maximum Gasteiger partial charge on any atom is 0.134 e. The SMILES string of the molecule is C=C(C)c1c(F)cccc1-c1cccc(CCCC2(C)CC2)c1F. The summed E-state index contributed by atoms with van der Waals surface area (Å²) in [5.74, 6) is -0.585. The van der Waals surface area contributed by atoms with Crippen molar-refractivity contribution < 1.29 is 8.78 Å². The first-order valence-electron chi connectivity index (χ1n) is 8.63. The molecule has 24 heavy (non-hydrogen) atoms. The normalized spacial score (nSPS) is 15.3. The van der Waals surface area contributed by atoms with Crippen LogP contribution < -0.4 is 0 Å². The van der Waals surface area contributed by atoms with Crippen LogP contribution in [0.1, 0.15) is 50.7 Å². The van der Waals surface area contributed by atoms with Gasteiger partial charge in [0.05, 0.1) is 0 Å². The largest absolute Gasteiger partial charge is 0.206 e. The summed E-state index contributed by atoms with van der Waals surface area (Å²) in [5, 5.41) is 0. The average molecular weight is 326 g/mol. The predicted molar refractivity (Wildman–Crippen MR) is 96.8 cm³/mol. The molecule has 0 N–H and O–H groups in total. The van der Waals surface area contributed by atoms with E-state index in [4.69, 9.17) is 0 Å². The zero-order valence-electron chi connectivity index (χ0n) is 14.5. The summed E-state index contributed by atoms with van der Waals surface area (Å²) in [4.78, 5) is 0. The molecule has 1 aliphatic rings. The van der Waals surface area contributed by atoms with Gasteiger partial charge in [0.2, 0.25) is 0 Å². The van der Waals surface area contributed by atoms with Crippen LogP contribution in [0, 0.1) is 17.0 Å². The second kappa shape index (κ2) is 6.51. The zero-order valence-corrected chi connectivity index (χ0v) is 14.5. The molecule has 0 heterocycles. The first-order chi connectivity index (χ1) is 11.4. The lowest BCUT2D eigenvalue weighted by atomic mass is 9.92. The number of benzene rings is 2. The van der Waals surface area contributed by atoms with Gasteiger partial charge in [0.15, 0.2) is 0 Å². The van der Waals surface area contributed by atoms with Gasteiger partial charge in [-0.1, -0.05) is 43.8 Å². The first kappa shape index (κ1) is 16.9. The van der Waals surface area contributed by atoms with E-state index in [-0.39, 0.29) is 11.6 Å². The number of aryl methyl sites for hydroxylation is 1. The summed E-state index contributed by atoms with van der Waals surface area (Å²) >= 11 is 0. The highest BCUT2D eigenvalue weighted by atomic mass is 19.1. The molecule has 1 aliphatic carbocycles. The molecule has 0 radical (unpaired) electrons. The van der Waals surface area contributed by atoms with Crippen LogP contribution in [0.15, 0.2) is 43.0 Å². The van der Waals surface area contributed by atoms with E-state index in [0.29, 0.717) is 33.2 Å². The molecular weight excluding hydrogens is 302 g/mol. The van der Waals surface area contributed by atoms with E-state index in [0.717, 1.165) is 19.3 Å². The van der Waals surface area contributed by atoms with Gasteiger partial charge in [0.25, 0.3) is 0 Å². The van der Waals surface area contributed by atoms with Gasteiger partial charge in [-0.15, -0.1) is 0 Å². The standard InChI is InChI=1S/C22H24F2/c1-15(2)20-17(9-5-11-19(20)23)18-10-4-7-16(21(18)24)8-6-12-22(3)13-14-22/h4-5,7,9-11H,1,6,8,12-14H2,2-3H3. The third-order valence-electron chi connectivity index (χ3n) is 5.14. The lowest BCUT2D eigenvalue weighted by Crippen LogP contribution is -1.99. The third-order valence-corrected chi connectivity index (χ3v) is 5.14. The molecular formula is C22H24F2. The average Bonchev–Trinajstić information content (AvgIpc) is 3.26. The third kappa shape index (κ3) is 3.43. The summed E-state index contributed by atoms with van der Waals surface area (Å²) in [7, 11) is 0. The minimum Gasteiger partial charge on any atom is -0.206 e. The minimum atomic E-state index is -0.355. The van der Waals surface area contributed by atoms with Crippen molar-refractivity contribution in [2.24, 2.45) is 5.41 Å². The Kier molecular flexibility index (Phi) is 4.58. The molecule has 0 aliphatic heterocycles. The van der Waals surface area contributed by atoms with Gasteiger partial charge in [0, 0.05) is 11.1 Å². The molecule has 0 nitrogen and oxygen atoms in total. The number of rotatable bonds is 6. The molecule has 0 spiro atoms. The highest BCUT2D eigenvalue weighted by Crippen LogP contribution is 2.49. The maximum absolute atomic E-state index is 15.0. The molecule has 0 unspecified atom stereocenters. The molecule has 0 saturated heterocycles. The van der Waals surface area contributed by atoms with Crippen LogP contribution in [0.2, 0.25) is 0 Å². The molecule has 1 saturated carbocycles. The fraction of sp³-hybridized carbons (Fsp3) is 0.364. The summed E-state index contributed by atoms with van der Waals surface area (Å²) in [5.41, 5.74) is 3.25. The molecule has 2 aromatic carbocycles. The van der Waals surface area contributed by atoms with Gasteiger partial charge < -0.3 is 0 Å². The highest BCUT2D eigenvalue weighted by molar-refractivity contribution is 5.80. The molecule has 3 rings (SSSR count). The van der Waals surface area contributed by atoms with E-state index < -0.39 is 0 Å². The summed E-state index contributed by atoms with van der Waals surface area (Å²) in [6.45, 7) is 7.89. The van der Waals surface area contributed by atoms with E-state index in [1.165, 1.54) is 18.9 Å². The van der Waals surface area contributed by atoms with Gasteiger partial charge in [0.1, 0.15) is 11.6 Å². The van der Waals surface area contributed by atoms with Crippen molar-refractivity contribution in [2.75, 3.05) is 0 Å². The Balaban J connectivity index is 1.91. The monoisotopic (exact) mass is 326 g/mol. The van der Waals surface area contributed by atoms with Crippen molar-refractivity contribution in [1.82, 2.24) is 0 Å². The Morgan fingerprint density at radius 2 is 1.75 bits per heavy atom. The number of hydrogen-bond donors (Lipinski definition) is 0. The van der Waals surface area contributed by atoms with Crippen LogP contribution in [-0.4, -0.2) is 0 Å². The smallest absolute Gasteiger partial charge is 0.134 e. The molecule has 2 aromatic rings. The Hall–Kier alpha value is -1.96. The topological polar surface area (TPSA) is 0 Å². The van der Waals surface area contributed by atoms with Crippen molar-refractivity contribution in [3.63, 3.8) is 0 Å². The fourth-order valence-electron chi connectivity index (χ4n) is 3.33. The molecule has 0 amide bonds. The van der Waals surface area contributed by atoms with E-state index in [1.54, 1.807) is 25.1 Å². The van der Waals surface area contributed by atoms with Crippen LogP contribution in [0.3, 0.4) is 0 Å². The molecule has 2 heteroatoms. The molecule has 0 aromatic heterocycles. The van der Waals surface area contributed by atoms with Crippen LogP contribution in [0.4, 0.5) is 8.78 Å². The number of halogens is 2. The second-order valence-corrected chi connectivity index (χ2v) is 7.39. The van der Waals surface area contributed by atoms with Crippen molar-refractivity contribution >= 4 is 5.57 Å². The summed E-state index contributed by atoms with van der Waals surface area (Å²) < 4.78 is 29.2. The molecule has 0 bridgehead atoms.